The molecule has 0 spiro atoms. The van der Waals surface area contributed by atoms with Crippen LogP contribution >= 0.6 is 0 Å². The number of pyridine rings is 1. The van der Waals surface area contributed by atoms with Gasteiger partial charge in [-0.2, -0.15) is 0 Å². The summed E-state index contributed by atoms with van der Waals surface area (Å²) in [5.74, 6) is 0.512. The van der Waals surface area contributed by atoms with Crippen molar-refractivity contribution in [3.8, 4) is 17.0 Å². The molecule has 2 aromatic carbocycles. The fourth-order valence-electron chi connectivity index (χ4n) is 4.10. The molecule has 6 heteroatoms. The van der Waals surface area contributed by atoms with E-state index in [1.54, 1.807) is 30.5 Å². The lowest BCUT2D eigenvalue weighted by atomic mass is 10.0. The van der Waals surface area contributed by atoms with Crippen molar-refractivity contribution >= 4 is 5.91 Å². The third-order valence-corrected chi connectivity index (χ3v) is 5.80. The van der Waals surface area contributed by atoms with Gasteiger partial charge in [0.1, 0.15) is 11.6 Å². The van der Waals surface area contributed by atoms with Gasteiger partial charge in [-0.1, -0.05) is 30.3 Å². The number of benzene rings is 2. The van der Waals surface area contributed by atoms with Crippen molar-refractivity contribution in [2.45, 2.75) is 45.4 Å². The average Bonchev–Trinajstić information content (AvgIpc) is 2.81. The van der Waals surface area contributed by atoms with E-state index < -0.39 is 0 Å². The summed E-state index contributed by atoms with van der Waals surface area (Å²) >= 11 is 0. The number of ether oxygens (including phenoxy) is 1. The Balaban J connectivity index is 1.29. The number of para-hydroxylation sites is 1. The molecule has 2 heterocycles. The standard InChI is InChI=1S/C27H30FN3O2/c1-19(2)33-26-9-4-3-6-22(26)18-31-14-12-24(13-15-31)30-27(32)21-10-11-25(29-17-21)20-7-5-8-23(28)16-20/h3-11,16-17,19,24H,12-15,18H2,1-2H3,(H,30,32). The third-order valence-electron chi connectivity index (χ3n) is 5.80. The van der Waals surface area contributed by atoms with Crippen LogP contribution in [0.2, 0.25) is 0 Å². The van der Waals surface area contributed by atoms with Crippen molar-refractivity contribution in [2.75, 3.05) is 13.1 Å². The van der Waals surface area contributed by atoms with Gasteiger partial charge in [0.25, 0.3) is 5.91 Å². The molecule has 1 aliphatic heterocycles. The zero-order valence-corrected chi connectivity index (χ0v) is 19.1. The number of halogens is 1. The molecule has 0 radical (unpaired) electrons. The molecule has 172 valence electrons. The highest BCUT2D eigenvalue weighted by atomic mass is 19.1. The van der Waals surface area contributed by atoms with Gasteiger partial charge in [-0.25, -0.2) is 4.39 Å². The maximum Gasteiger partial charge on any atom is 0.253 e. The summed E-state index contributed by atoms with van der Waals surface area (Å²) in [5, 5.41) is 3.14. The molecule has 1 aliphatic rings. The molecule has 1 saturated heterocycles. The minimum atomic E-state index is -0.307. The molecule has 0 unspecified atom stereocenters. The summed E-state index contributed by atoms with van der Waals surface area (Å²) in [7, 11) is 0. The summed E-state index contributed by atoms with van der Waals surface area (Å²) in [6.07, 6.45) is 3.49. The van der Waals surface area contributed by atoms with Crippen molar-refractivity contribution in [1.29, 1.82) is 0 Å². The van der Waals surface area contributed by atoms with Gasteiger partial charge >= 0.3 is 0 Å². The van der Waals surface area contributed by atoms with Crippen LogP contribution in [0, 0.1) is 5.82 Å². The number of hydrogen-bond acceptors (Lipinski definition) is 4. The summed E-state index contributed by atoms with van der Waals surface area (Å²) in [6, 6.07) is 18.1. The van der Waals surface area contributed by atoms with Gasteiger partial charge in [0.15, 0.2) is 0 Å². The van der Waals surface area contributed by atoms with Crippen LogP contribution in [0.5, 0.6) is 5.75 Å². The van der Waals surface area contributed by atoms with E-state index in [0.717, 1.165) is 38.2 Å². The molecule has 0 aliphatic carbocycles. The zero-order chi connectivity index (χ0) is 23.2. The van der Waals surface area contributed by atoms with Gasteiger partial charge in [0, 0.05) is 43.0 Å². The Hall–Kier alpha value is -3.25. The van der Waals surface area contributed by atoms with Gasteiger partial charge in [-0.05, 0) is 57.0 Å². The number of rotatable bonds is 7. The highest BCUT2D eigenvalue weighted by Gasteiger charge is 2.22. The fraction of sp³-hybridized carbons (Fsp3) is 0.333. The molecular formula is C27H30FN3O2. The van der Waals surface area contributed by atoms with Crippen LogP contribution in [-0.2, 0) is 6.54 Å². The lowest BCUT2D eigenvalue weighted by Crippen LogP contribution is -2.44. The van der Waals surface area contributed by atoms with E-state index in [1.165, 1.54) is 17.7 Å². The molecule has 0 saturated carbocycles. The Bertz CT molecular complexity index is 1080. The molecule has 1 N–H and O–H groups in total. The second-order valence-corrected chi connectivity index (χ2v) is 8.74. The van der Waals surface area contributed by atoms with Gasteiger partial charge in [-0.3, -0.25) is 14.7 Å². The highest BCUT2D eigenvalue weighted by molar-refractivity contribution is 5.94. The van der Waals surface area contributed by atoms with E-state index in [-0.39, 0.29) is 23.9 Å². The maximum absolute atomic E-state index is 13.4. The average molecular weight is 448 g/mol. The Labute approximate surface area is 194 Å². The van der Waals surface area contributed by atoms with Crippen LogP contribution in [0.4, 0.5) is 4.39 Å². The molecule has 0 bridgehead atoms. The lowest BCUT2D eigenvalue weighted by Gasteiger charge is -2.32. The van der Waals surface area contributed by atoms with Crippen LogP contribution in [0.15, 0.2) is 66.9 Å². The van der Waals surface area contributed by atoms with E-state index in [9.17, 15) is 9.18 Å². The van der Waals surface area contributed by atoms with Gasteiger partial charge in [-0.15, -0.1) is 0 Å². The van der Waals surface area contributed by atoms with Crippen molar-refractivity contribution < 1.29 is 13.9 Å². The van der Waals surface area contributed by atoms with Crippen LogP contribution in [0.3, 0.4) is 0 Å². The van der Waals surface area contributed by atoms with Crippen LogP contribution in [-0.4, -0.2) is 41.0 Å². The molecule has 0 atom stereocenters. The quantitative estimate of drug-likeness (QED) is 0.550. The molecule has 1 aromatic heterocycles. The SMILES string of the molecule is CC(C)Oc1ccccc1CN1CCC(NC(=O)c2ccc(-c3cccc(F)c3)nc2)CC1. The van der Waals surface area contributed by atoms with Gasteiger partial charge in [0.05, 0.1) is 17.4 Å². The topological polar surface area (TPSA) is 54.5 Å². The van der Waals surface area contributed by atoms with Gasteiger partial charge < -0.3 is 10.1 Å². The molecule has 1 fully saturated rings. The minimum absolute atomic E-state index is 0.123. The van der Waals surface area contributed by atoms with Crippen LogP contribution in [0.25, 0.3) is 11.3 Å². The summed E-state index contributed by atoms with van der Waals surface area (Å²) in [6.45, 7) is 6.75. The first-order valence-corrected chi connectivity index (χ1v) is 11.5. The van der Waals surface area contributed by atoms with E-state index in [4.69, 9.17) is 4.74 Å². The normalized spacial score (nSPS) is 14.9. The monoisotopic (exact) mass is 447 g/mol. The first-order chi connectivity index (χ1) is 16.0. The van der Waals surface area contributed by atoms with E-state index in [0.29, 0.717) is 16.8 Å². The first-order valence-electron chi connectivity index (χ1n) is 11.5. The predicted molar refractivity (Wildman–Crippen MR) is 128 cm³/mol. The number of likely N-dealkylation sites (tertiary alicyclic amines) is 1. The molecule has 1 amide bonds. The highest BCUT2D eigenvalue weighted by Crippen LogP contribution is 2.23. The smallest absolute Gasteiger partial charge is 0.253 e. The third kappa shape index (κ3) is 6.17. The number of carbonyl (C=O) groups is 1. The Morgan fingerprint density at radius 2 is 1.91 bits per heavy atom. The number of nitrogens with zero attached hydrogens (tertiary/aromatic N) is 2. The summed E-state index contributed by atoms with van der Waals surface area (Å²) in [5.41, 5.74) is 3.03. The van der Waals surface area contributed by atoms with Crippen molar-refractivity contribution in [3.63, 3.8) is 0 Å². The van der Waals surface area contributed by atoms with Gasteiger partial charge in [0.2, 0.25) is 0 Å². The largest absolute Gasteiger partial charge is 0.491 e. The Morgan fingerprint density at radius 1 is 1.12 bits per heavy atom. The van der Waals surface area contributed by atoms with Crippen LogP contribution < -0.4 is 10.1 Å². The molecule has 5 nitrogen and oxygen atoms in total. The zero-order valence-electron chi connectivity index (χ0n) is 19.1. The lowest BCUT2D eigenvalue weighted by molar-refractivity contribution is 0.0908. The second-order valence-electron chi connectivity index (χ2n) is 8.74. The maximum atomic E-state index is 13.4. The number of nitrogens with one attached hydrogen (secondary N) is 1. The number of amides is 1. The minimum Gasteiger partial charge on any atom is -0.491 e. The number of piperidine rings is 1. The fourth-order valence-corrected chi connectivity index (χ4v) is 4.10. The van der Waals surface area contributed by atoms with Crippen LogP contribution in [0.1, 0.15) is 42.6 Å². The number of aromatic nitrogens is 1. The molecule has 3 aromatic rings. The predicted octanol–water partition coefficient (Wildman–Crippen LogP) is 5.07. The Morgan fingerprint density at radius 3 is 2.61 bits per heavy atom. The van der Waals surface area contributed by atoms with Crippen molar-refractivity contribution in [2.24, 2.45) is 0 Å². The molecule has 33 heavy (non-hydrogen) atoms. The summed E-state index contributed by atoms with van der Waals surface area (Å²) < 4.78 is 19.4. The molecular weight excluding hydrogens is 417 g/mol. The first kappa shape index (κ1) is 22.9. The Kier molecular flexibility index (Phi) is 7.35. The van der Waals surface area contributed by atoms with Crippen molar-refractivity contribution in [3.05, 3.63) is 83.8 Å². The summed E-state index contributed by atoms with van der Waals surface area (Å²) in [4.78, 5) is 19.4. The van der Waals surface area contributed by atoms with Crippen molar-refractivity contribution in [1.82, 2.24) is 15.2 Å². The number of carbonyl (C=O) groups excluding carboxylic acids is 1. The molecule has 4 rings (SSSR count). The van der Waals surface area contributed by atoms with E-state index >= 15 is 0 Å². The van der Waals surface area contributed by atoms with E-state index in [1.807, 2.05) is 32.0 Å². The van der Waals surface area contributed by atoms with E-state index in [2.05, 4.69) is 21.3 Å². The second kappa shape index (κ2) is 10.6. The number of hydrogen-bond donors (Lipinski definition) is 1.